The highest BCUT2D eigenvalue weighted by molar-refractivity contribution is 5.91. The number of aliphatic hydroxyl groups is 1. The number of hydrogen-bond donors (Lipinski definition) is 3. The van der Waals surface area contributed by atoms with E-state index in [0.29, 0.717) is 28.5 Å². The molecular weight excluding hydrogens is 348 g/mol. The van der Waals surface area contributed by atoms with E-state index in [0.717, 1.165) is 5.39 Å². The van der Waals surface area contributed by atoms with Crippen molar-refractivity contribution in [1.29, 1.82) is 0 Å². The lowest BCUT2D eigenvalue weighted by Crippen LogP contribution is -2.40. The fourth-order valence-electron chi connectivity index (χ4n) is 2.66. The number of anilines is 1. The van der Waals surface area contributed by atoms with Gasteiger partial charge in [-0.2, -0.15) is 0 Å². The van der Waals surface area contributed by atoms with Crippen LogP contribution in [0.4, 0.5) is 10.5 Å². The molecule has 0 aliphatic heterocycles. The maximum atomic E-state index is 12.2. The number of fused-ring (bicyclic) bond motifs is 1. The minimum Gasteiger partial charge on any atom is -0.497 e. The fourth-order valence-corrected chi connectivity index (χ4v) is 2.66. The predicted octanol–water partition coefficient (Wildman–Crippen LogP) is 3.48. The van der Waals surface area contributed by atoms with E-state index in [-0.39, 0.29) is 6.54 Å². The van der Waals surface area contributed by atoms with Crippen LogP contribution in [0.25, 0.3) is 11.0 Å². The van der Waals surface area contributed by atoms with Crippen molar-refractivity contribution in [3.63, 3.8) is 0 Å². The molecule has 7 heteroatoms. The molecule has 0 aliphatic carbocycles. The molecule has 0 radical (unpaired) electrons. The highest BCUT2D eigenvalue weighted by Gasteiger charge is 2.28. The number of hydrogen-bond acceptors (Lipinski definition) is 5. The van der Waals surface area contributed by atoms with Gasteiger partial charge in [-0.15, -0.1) is 0 Å². The SMILES string of the molecule is COc1ccc(NC(=O)NCC(C)(O)c2cc3ccccc3o2)c(OC)c1. The normalized spacial score (nSPS) is 13.0. The van der Waals surface area contributed by atoms with Crippen LogP contribution in [0.1, 0.15) is 12.7 Å². The number of urea groups is 1. The molecular formula is C20H22N2O5. The summed E-state index contributed by atoms with van der Waals surface area (Å²) >= 11 is 0. The second-order valence-corrected chi connectivity index (χ2v) is 6.30. The van der Waals surface area contributed by atoms with Gasteiger partial charge in [0.25, 0.3) is 0 Å². The quantitative estimate of drug-likeness (QED) is 0.618. The molecule has 1 atom stereocenters. The molecule has 0 spiro atoms. The standard InChI is InChI=1S/C20H22N2O5/c1-20(24,18-10-13-6-4-5-7-16(13)27-18)12-21-19(23)22-15-9-8-14(25-2)11-17(15)26-3/h4-11,24H,12H2,1-3H3,(H2,21,22,23). The van der Waals surface area contributed by atoms with Crippen LogP contribution in [0.5, 0.6) is 11.5 Å². The number of ether oxygens (including phenoxy) is 2. The molecule has 2 aromatic carbocycles. The lowest BCUT2D eigenvalue weighted by molar-refractivity contribution is 0.0388. The van der Waals surface area contributed by atoms with Gasteiger partial charge in [0.2, 0.25) is 0 Å². The number of furan rings is 1. The second-order valence-electron chi connectivity index (χ2n) is 6.30. The Morgan fingerprint density at radius 2 is 1.93 bits per heavy atom. The average Bonchev–Trinajstić information content (AvgIpc) is 3.12. The summed E-state index contributed by atoms with van der Waals surface area (Å²) in [5, 5.41) is 16.9. The van der Waals surface area contributed by atoms with Gasteiger partial charge in [0.15, 0.2) is 0 Å². The first kappa shape index (κ1) is 18.6. The summed E-state index contributed by atoms with van der Waals surface area (Å²) in [5.74, 6) is 1.46. The predicted molar refractivity (Wildman–Crippen MR) is 102 cm³/mol. The number of methoxy groups -OCH3 is 2. The summed E-state index contributed by atoms with van der Waals surface area (Å²) in [6.45, 7) is 1.55. The molecule has 1 unspecified atom stereocenters. The second kappa shape index (κ2) is 7.59. The van der Waals surface area contributed by atoms with Crippen molar-refractivity contribution in [1.82, 2.24) is 5.32 Å². The first-order valence-corrected chi connectivity index (χ1v) is 8.41. The molecule has 0 saturated heterocycles. The van der Waals surface area contributed by atoms with Gasteiger partial charge in [-0.3, -0.25) is 0 Å². The maximum absolute atomic E-state index is 12.2. The van der Waals surface area contributed by atoms with E-state index in [1.54, 1.807) is 38.3 Å². The van der Waals surface area contributed by atoms with Crippen LogP contribution in [0.2, 0.25) is 0 Å². The van der Waals surface area contributed by atoms with E-state index in [2.05, 4.69) is 10.6 Å². The molecule has 3 N–H and O–H groups in total. The van der Waals surface area contributed by atoms with E-state index in [1.165, 1.54) is 7.11 Å². The Morgan fingerprint density at radius 3 is 2.63 bits per heavy atom. The molecule has 142 valence electrons. The van der Waals surface area contributed by atoms with Crippen LogP contribution in [0.15, 0.2) is 52.9 Å². The smallest absolute Gasteiger partial charge is 0.319 e. The van der Waals surface area contributed by atoms with Crippen molar-refractivity contribution < 1.29 is 23.8 Å². The molecule has 0 saturated carbocycles. The molecule has 7 nitrogen and oxygen atoms in total. The number of para-hydroxylation sites is 1. The van der Waals surface area contributed by atoms with Gasteiger partial charge < -0.3 is 29.6 Å². The van der Waals surface area contributed by atoms with Crippen molar-refractivity contribution in [3.05, 3.63) is 54.3 Å². The highest BCUT2D eigenvalue weighted by atomic mass is 16.5. The molecule has 0 aliphatic rings. The van der Waals surface area contributed by atoms with E-state index in [4.69, 9.17) is 13.9 Å². The summed E-state index contributed by atoms with van der Waals surface area (Å²) in [6, 6.07) is 13.8. The van der Waals surface area contributed by atoms with E-state index in [1.807, 2.05) is 24.3 Å². The van der Waals surface area contributed by atoms with Gasteiger partial charge in [0.1, 0.15) is 28.4 Å². The first-order chi connectivity index (χ1) is 12.9. The van der Waals surface area contributed by atoms with Gasteiger partial charge in [0, 0.05) is 11.5 Å². The molecule has 1 aromatic heterocycles. The number of carbonyl (C=O) groups is 1. The molecule has 2 amide bonds. The van der Waals surface area contributed by atoms with Crippen molar-refractivity contribution in [2.24, 2.45) is 0 Å². The zero-order valence-electron chi connectivity index (χ0n) is 15.4. The summed E-state index contributed by atoms with van der Waals surface area (Å²) in [6.07, 6.45) is 0. The number of amides is 2. The van der Waals surface area contributed by atoms with Crippen LogP contribution in [-0.2, 0) is 5.60 Å². The number of rotatable bonds is 6. The zero-order valence-corrected chi connectivity index (χ0v) is 15.4. The van der Waals surface area contributed by atoms with Crippen LogP contribution in [0.3, 0.4) is 0 Å². The number of nitrogens with one attached hydrogen (secondary N) is 2. The minimum absolute atomic E-state index is 0.0306. The molecule has 3 aromatic rings. The summed E-state index contributed by atoms with van der Waals surface area (Å²) < 4.78 is 16.1. The van der Waals surface area contributed by atoms with Gasteiger partial charge in [0.05, 0.1) is 26.5 Å². The van der Waals surface area contributed by atoms with Gasteiger partial charge >= 0.3 is 6.03 Å². The fraction of sp³-hybridized carbons (Fsp3) is 0.250. The topological polar surface area (TPSA) is 93.0 Å². The first-order valence-electron chi connectivity index (χ1n) is 8.41. The Morgan fingerprint density at radius 1 is 1.15 bits per heavy atom. The average molecular weight is 370 g/mol. The summed E-state index contributed by atoms with van der Waals surface area (Å²) in [5.41, 5.74) is -0.195. The Balaban J connectivity index is 1.66. The largest absolute Gasteiger partial charge is 0.497 e. The Bertz CT molecular complexity index is 915. The van der Waals surface area contributed by atoms with Crippen molar-refractivity contribution in [2.75, 3.05) is 26.1 Å². The zero-order chi connectivity index (χ0) is 19.4. The highest BCUT2D eigenvalue weighted by Crippen LogP contribution is 2.29. The van der Waals surface area contributed by atoms with Gasteiger partial charge in [-0.05, 0) is 31.2 Å². The molecule has 1 heterocycles. The third-order valence-corrected chi connectivity index (χ3v) is 4.21. The lowest BCUT2D eigenvalue weighted by atomic mass is 10.0. The Labute approximate surface area is 156 Å². The Hall–Kier alpha value is -3.19. The summed E-state index contributed by atoms with van der Waals surface area (Å²) in [4.78, 5) is 12.2. The third kappa shape index (κ3) is 4.15. The van der Waals surface area contributed by atoms with Crippen LogP contribution < -0.4 is 20.1 Å². The monoisotopic (exact) mass is 370 g/mol. The third-order valence-electron chi connectivity index (χ3n) is 4.21. The lowest BCUT2D eigenvalue weighted by Gasteiger charge is -2.21. The Kier molecular flexibility index (Phi) is 5.23. The van der Waals surface area contributed by atoms with Crippen LogP contribution in [-0.4, -0.2) is 31.9 Å². The van der Waals surface area contributed by atoms with Crippen molar-refractivity contribution in [3.8, 4) is 11.5 Å². The van der Waals surface area contributed by atoms with E-state index >= 15 is 0 Å². The molecule has 0 fully saturated rings. The summed E-state index contributed by atoms with van der Waals surface area (Å²) in [7, 11) is 3.05. The van der Waals surface area contributed by atoms with Crippen molar-refractivity contribution >= 4 is 22.7 Å². The van der Waals surface area contributed by atoms with E-state index in [9.17, 15) is 9.90 Å². The molecule has 27 heavy (non-hydrogen) atoms. The number of benzene rings is 2. The van der Waals surface area contributed by atoms with Gasteiger partial charge in [-0.1, -0.05) is 18.2 Å². The number of carbonyl (C=O) groups excluding carboxylic acids is 1. The van der Waals surface area contributed by atoms with E-state index < -0.39 is 11.6 Å². The van der Waals surface area contributed by atoms with Crippen LogP contribution >= 0.6 is 0 Å². The molecule has 3 rings (SSSR count). The van der Waals surface area contributed by atoms with Crippen LogP contribution in [0, 0.1) is 0 Å². The van der Waals surface area contributed by atoms with Gasteiger partial charge in [-0.25, -0.2) is 4.79 Å². The van der Waals surface area contributed by atoms with Crippen molar-refractivity contribution in [2.45, 2.75) is 12.5 Å². The molecule has 0 bridgehead atoms. The maximum Gasteiger partial charge on any atom is 0.319 e. The minimum atomic E-state index is -1.36.